The van der Waals surface area contributed by atoms with Crippen LogP contribution in [0.5, 0.6) is 0 Å². The molecule has 0 bridgehead atoms. The quantitative estimate of drug-likeness (QED) is 0.612. The number of alkyl halides is 3. The van der Waals surface area contributed by atoms with Crippen LogP contribution in [0.3, 0.4) is 0 Å². The number of hydrogen-bond donors (Lipinski definition) is 1. The Hall–Kier alpha value is -2.84. The Morgan fingerprint density at radius 1 is 1.32 bits per heavy atom. The van der Waals surface area contributed by atoms with E-state index in [1.807, 2.05) is 0 Å². The molecule has 1 saturated heterocycles. The molecule has 0 spiro atoms. The molecule has 8 nitrogen and oxygen atoms in total. The van der Waals surface area contributed by atoms with Crippen molar-refractivity contribution in [2.75, 3.05) is 58.0 Å². The Morgan fingerprint density at radius 3 is 2.68 bits per heavy atom. The van der Waals surface area contributed by atoms with Crippen LogP contribution in [-0.4, -0.2) is 75.9 Å². The zero-order chi connectivity index (χ0) is 23.0. The summed E-state index contributed by atoms with van der Waals surface area (Å²) in [5, 5.41) is 11.7. The second-order valence-corrected chi connectivity index (χ2v) is 6.81. The number of hydrogen-bond acceptors (Lipinski definition) is 6. The third-order valence-electron chi connectivity index (χ3n) is 4.83. The molecule has 11 heteroatoms. The van der Waals surface area contributed by atoms with Crippen molar-refractivity contribution in [2.45, 2.75) is 19.1 Å². The lowest BCUT2D eigenvalue weighted by molar-refractivity contribution is -0.144. The molecule has 1 fully saturated rings. The SMILES string of the molecule is CCOCC(=O)N1CCN(c2ccc(C#N)c(C(F)(F)F)c2)CC1C(=O)NCCOC. The Kier molecular flexibility index (Phi) is 8.65. The Bertz CT molecular complexity index is 826. The number of nitrogens with zero attached hydrogens (tertiary/aromatic N) is 3. The average molecular weight is 442 g/mol. The highest BCUT2D eigenvalue weighted by Gasteiger charge is 2.37. The van der Waals surface area contributed by atoms with E-state index in [4.69, 9.17) is 14.7 Å². The van der Waals surface area contributed by atoms with Gasteiger partial charge in [0.05, 0.1) is 23.8 Å². The average Bonchev–Trinajstić information content (AvgIpc) is 2.76. The molecular weight excluding hydrogens is 417 g/mol. The van der Waals surface area contributed by atoms with Crippen LogP contribution >= 0.6 is 0 Å². The minimum atomic E-state index is -4.69. The molecule has 0 aromatic heterocycles. The Morgan fingerprint density at radius 2 is 2.06 bits per heavy atom. The summed E-state index contributed by atoms with van der Waals surface area (Å²) in [6.07, 6.45) is -4.69. The van der Waals surface area contributed by atoms with Crippen LogP contribution in [0.4, 0.5) is 18.9 Å². The fourth-order valence-corrected chi connectivity index (χ4v) is 3.27. The van der Waals surface area contributed by atoms with Gasteiger partial charge in [-0.3, -0.25) is 9.59 Å². The largest absolute Gasteiger partial charge is 0.417 e. The number of methoxy groups -OCH3 is 1. The van der Waals surface area contributed by atoms with Gasteiger partial charge in [0.15, 0.2) is 0 Å². The van der Waals surface area contributed by atoms with Gasteiger partial charge in [-0.1, -0.05) is 0 Å². The molecule has 1 aromatic rings. The van der Waals surface area contributed by atoms with Crippen molar-refractivity contribution >= 4 is 17.5 Å². The number of benzene rings is 1. The van der Waals surface area contributed by atoms with Gasteiger partial charge < -0.3 is 24.6 Å². The van der Waals surface area contributed by atoms with Crippen LogP contribution in [0.1, 0.15) is 18.1 Å². The van der Waals surface area contributed by atoms with E-state index in [0.29, 0.717) is 6.61 Å². The summed E-state index contributed by atoms with van der Waals surface area (Å²) in [4.78, 5) is 28.2. The third kappa shape index (κ3) is 6.32. The number of halogens is 3. The molecule has 1 aromatic carbocycles. The molecule has 0 radical (unpaired) electrons. The highest BCUT2D eigenvalue weighted by atomic mass is 19.4. The number of anilines is 1. The maximum Gasteiger partial charge on any atom is 0.417 e. The monoisotopic (exact) mass is 442 g/mol. The summed E-state index contributed by atoms with van der Waals surface area (Å²) >= 11 is 0. The van der Waals surface area contributed by atoms with E-state index in [-0.39, 0.29) is 51.0 Å². The van der Waals surface area contributed by atoms with Gasteiger partial charge in [0, 0.05) is 45.6 Å². The maximum atomic E-state index is 13.3. The van der Waals surface area contributed by atoms with Crippen molar-refractivity contribution < 1.29 is 32.2 Å². The van der Waals surface area contributed by atoms with Crippen molar-refractivity contribution in [1.29, 1.82) is 5.26 Å². The lowest BCUT2D eigenvalue weighted by Crippen LogP contribution is -2.61. The molecule has 1 unspecified atom stereocenters. The van der Waals surface area contributed by atoms with Crippen molar-refractivity contribution in [3.05, 3.63) is 29.3 Å². The molecule has 31 heavy (non-hydrogen) atoms. The zero-order valence-electron chi connectivity index (χ0n) is 17.4. The van der Waals surface area contributed by atoms with E-state index in [0.717, 1.165) is 12.1 Å². The molecule has 2 rings (SSSR count). The molecule has 170 valence electrons. The van der Waals surface area contributed by atoms with Gasteiger partial charge in [-0.05, 0) is 25.1 Å². The topological polar surface area (TPSA) is 94.9 Å². The summed E-state index contributed by atoms with van der Waals surface area (Å²) in [6.45, 7) is 2.76. The van der Waals surface area contributed by atoms with Crippen LogP contribution < -0.4 is 10.2 Å². The van der Waals surface area contributed by atoms with E-state index in [1.165, 1.54) is 18.1 Å². The number of rotatable bonds is 8. The third-order valence-corrected chi connectivity index (χ3v) is 4.83. The molecule has 2 amide bonds. The van der Waals surface area contributed by atoms with Crippen LogP contribution in [0.2, 0.25) is 0 Å². The van der Waals surface area contributed by atoms with Crippen LogP contribution in [0.15, 0.2) is 18.2 Å². The first-order chi connectivity index (χ1) is 14.7. The molecular formula is C20H25F3N4O4. The molecule has 0 aliphatic carbocycles. The minimum Gasteiger partial charge on any atom is -0.383 e. The molecule has 0 saturated carbocycles. The molecule has 1 aliphatic heterocycles. The Balaban J connectivity index is 2.27. The molecule has 1 N–H and O–H groups in total. The van der Waals surface area contributed by atoms with Crippen molar-refractivity contribution in [2.24, 2.45) is 0 Å². The zero-order valence-corrected chi connectivity index (χ0v) is 17.4. The number of nitrogens with one attached hydrogen (secondary N) is 1. The summed E-state index contributed by atoms with van der Waals surface area (Å²) in [5.74, 6) is -0.805. The summed E-state index contributed by atoms with van der Waals surface area (Å²) in [7, 11) is 1.48. The standard InChI is InChI=1S/C20H25F3N4O4/c1-3-31-13-18(28)27-8-7-26(12-17(27)19(29)25-6-9-30-2)15-5-4-14(11-24)16(10-15)20(21,22)23/h4-5,10,17H,3,6-9,12-13H2,1-2H3,(H,25,29). The van der Waals surface area contributed by atoms with Crippen molar-refractivity contribution in [1.82, 2.24) is 10.2 Å². The number of piperazine rings is 1. The van der Waals surface area contributed by atoms with Gasteiger partial charge in [-0.2, -0.15) is 18.4 Å². The maximum absolute atomic E-state index is 13.3. The van der Waals surface area contributed by atoms with Gasteiger partial charge >= 0.3 is 6.18 Å². The summed E-state index contributed by atoms with van der Waals surface area (Å²) < 4.78 is 50.1. The first kappa shape index (κ1) is 24.4. The van der Waals surface area contributed by atoms with Crippen LogP contribution in [0.25, 0.3) is 0 Å². The van der Waals surface area contributed by atoms with Gasteiger partial charge in [0.2, 0.25) is 11.8 Å². The smallest absolute Gasteiger partial charge is 0.383 e. The first-order valence-electron chi connectivity index (χ1n) is 9.73. The van der Waals surface area contributed by atoms with E-state index >= 15 is 0 Å². The molecule has 1 atom stereocenters. The summed E-state index contributed by atoms with van der Waals surface area (Å²) in [5.41, 5.74) is -1.29. The Labute approximate surface area is 178 Å². The number of carbonyl (C=O) groups excluding carboxylic acids is 2. The van der Waals surface area contributed by atoms with Gasteiger partial charge in [0.1, 0.15) is 12.6 Å². The normalized spacial score (nSPS) is 16.7. The predicted octanol–water partition coefficient (Wildman–Crippen LogP) is 1.39. The second kappa shape index (κ2) is 11.0. The van der Waals surface area contributed by atoms with Gasteiger partial charge in [-0.15, -0.1) is 0 Å². The lowest BCUT2D eigenvalue weighted by atomic mass is 10.0. The lowest BCUT2D eigenvalue weighted by Gasteiger charge is -2.41. The molecule has 1 aliphatic rings. The fourth-order valence-electron chi connectivity index (χ4n) is 3.27. The van der Waals surface area contributed by atoms with Crippen molar-refractivity contribution in [3.8, 4) is 6.07 Å². The number of nitriles is 1. The van der Waals surface area contributed by atoms with E-state index in [9.17, 15) is 22.8 Å². The van der Waals surface area contributed by atoms with Crippen molar-refractivity contribution in [3.63, 3.8) is 0 Å². The van der Waals surface area contributed by atoms with E-state index in [1.54, 1.807) is 17.9 Å². The number of carbonyl (C=O) groups is 2. The van der Waals surface area contributed by atoms with E-state index in [2.05, 4.69) is 5.32 Å². The number of ether oxygens (including phenoxy) is 2. The minimum absolute atomic E-state index is 0.000121. The molecule has 1 heterocycles. The summed E-state index contributed by atoms with van der Waals surface area (Å²) in [6, 6.07) is 4.05. The predicted molar refractivity (Wildman–Crippen MR) is 105 cm³/mol. The highest BCUT2D eigenvalue weighted by Crippen LogP contribution is 2.35. The first-order valence-corrected chi connectivity index (χ1v) is 9.73. The highest BCUT2D eigenvalue weighted by molar-refractivity contribution is 5.89. The second-order valence-electron chi connectivity index (χ2n) is 6.81. The van der Waals surface area contributed by atoms with Crippen LogP contribution in [-0.2, 0) is 25.2 Å². The fraction of sp³-hybridized carbons (Fsp3) is 0.550. The van der Waals surface area contributed by atoms with Gasteiger partial charge in [0.25, 0.3) is 0 Å². The van der Waals surface area contributed by atoms with Gasteiger partial charge in [-0.25, -0.2) is 0 Å². The van der Waals surface area contributed by atoms with Crippen LogP contribution in [0, 0.1) is 11.3 Å². The number of amides is 2. The van der Waals surface area contributed by atoms with E-state index < -0.39 is 29.3 Å².